The first-order chi connectivity index (χ1) is 8.17. The number of hydrogen-bond acceptors (Lipinski definition) is 3. The van der Waals surface area contributed by atoms with Crippen molar-refractivity contribution < 1.29 is 9.18 Å². The Hall–Kier alpha value is -1.46. The summed E-state index contributed by atoms with van der Waals surface area (Å²) in [5, 5.41) is 2.72. The number of anilines is 1. The van der Waals surface area contributed by atoms with Crippen LogP contribution in [-0.2, 0) is 4.79 Å². The quantitative estimate of drug-likeness (QED) is 0.808. The second kappa shape index (κ2) is 5.25. The summed E-state index contributed by atoms with van der Waals surface area (Å²) in [5.74, 6) is 0.136. The molecule has 5 heteroatoms. The Morgan fingerprint density at radius 2 is 2.06 bits per heavy atom. The van der Waals surface area contributed by atoms with Gasteiger partial charge in [-0.25, -0.2) is 4.39 Å². The summed E-state index contributed by atoms with van der Waals surface area (Å²) >= 11 is 0. The van der Waals surface area contributed by atoms with Crippen LogP contribution >= 0.6 is 0 Å². The zero-order chi connectivity index (χ0) is 12.3. The number of likely N-dealkylation sites (tertiary alicyclic amines) is 1. The highest BCUT2D eigenvalue weighted by molar-refractivity contribution is 5.92. The van der Waals surface area contributed by atoms with Crippen molar-refractivity contribution in [3.05, 3.63) is 30.1 Å². The van der Waals surface area contributed by atoms with E-state index >= 15 is 0 Å². The number of carbonyl (C=O) groups excluding carboxylic acids is 1. The third-order valence-electron chi connectivity index (χ3n) is 2.86. The lowest BCUT2D eigenvalue weighted by molar-refractivity contribution is -0.118. The minimum Gasteiger partial charge on any atom is -0.330 e. The monoisotopic (exact) mass is 237 g/mol. The number of nitrogens with two attached hydrogens (primary N) is 1. The molecular weight excluding hydrogens is 221 g/mol. The molecule has 0 bridgehead atoms. The van der Waals surface area contributed by atoms with Crippen LogP contribution in [-0.4, -0.2) is 37.0 Å². The van der Waals surface area contributed by atoms with E-state index < -0.39 is 0 Å². The predicted octanol–water partition coefficient (Wildman–Crippen LogP) is 0.655. The van der Waals surface area contributed by atoms with Crippen molar-refractivity contribution >= 4 is 11.6 Å². The lowest BCUT2D eigenvalue weighted by Gasteiger charge is -2.37. The molecule has 1 aromatic carbocycles. The molecule has 0 saturated carbocycles. The summed E-state index contributed by atoms with van der Waals surface area (Å²) in [6, 6.07) is 5.74. The molecule has 0 aromatic heterocycles. The molecule has 0 atom stereocenters. The fourth-order valence-corrected chi connectivity index (χ4v) is 1.89. The summed E-state index contributed by atoms with van der Waals surface area (Å²) in [5.41, 5.74) is 6.12. The van der Waals surface area contributed by atoms with Crippen molar-refractivity contribution in [1.82, 2.24) is 4.90 Å². The first kappa shape index (κ1) is 12.0. The van der Waals surface area contributed by atoms with E-state index in [4.69, 9.17) is 5.73 Å². The molecule has 1 saturated heterocycles. The SMILES string of the molecule is NCC1CN(CC(=O)Nc2ccc(F)cc2)C1. The van der Waals surface area contributed by atoms with Crippen LogP contribution in [0.25, 0.3) is 0 Å². The van der Waals surface area contributed by atoms with E-state index in [1.165, 1.54) is 12.1 Å². The summed E-state index contributed by atoms with van der Waals surface area (Å²) in [4.78, 5) is 13.7. The number of nitrogens with one attached hydrogen (secondary N) is 1. The molecule has 3 N–H and O–H groups in total. The summed E-state index contributed by atoms with van der Waals surface area (Å²) in [6.07, 6.45) is 0. The lowest BCUT2D eigenvalue weighted by Crippen LogP contribution is -2.52. The van der Waals surface area contributed by atoms with Gasteiger partial charge in [-0.15, -0.1) is 0 Å². The van der Waals surface area contributed by atoms with Gasteiger partial charge in [0, 0.05) is 18.8 Å². The predicted molar refractivity (Wildman–Crippen MR) is 64.0 cm³/mol. The van der Waals surface area contributed by atoms with Gasteiger partial charge >= 0.3 is 0 Å². The van der Waals surface area contributed by atoms with E-state index in [0.29, 0.717) is 24.7 Å². The molecule has 1 heterocycles. The van der Waals surface area contributed by atoms with Gasteiger partial charge in [0.2, 0.25) is 5.91 Å². The maximum absolute atomic E-state index is 12.6. The molecule has 0 unspecified atom stereocenters. The molecule has 1 amide bonds. The average Bonchev–Trinajstić information content (AvgIpc) is 2.26. The maximum atomic E-state index is 12.6. The van der Waals surface area contributed by atoms with Gasteiger partial charge < -0.3 is 11.1 Å². The van der Waals surface area contributed by atoms with Crippen LogP contribution in [0.2, 0.25) is 0 Å². The van der Waals surface area contributed by atoms with Gasteiger partial charge in [-0.1, -0.05) is 0 Å². The molecule has 17 heavy (non-hydrogen) atoms. The second-order valence-corrected chi connectivity index (χ2v) is 4.35. The van der Waals surface area contributed by atoms with Gasteiger partial charge in [0.1, 0.15) is 5.82 Å². The van der Waals surface area contributed by atoms with E-state index in [-0.39, 0.29) is 11.7 Å². The standard InChI is InChI=1S/C12H16FN3O/c13-10-1-3-11(4-2-10)15-12(17)8-16-6-9(5-14)7-16/h1-4,9H,5-8,14H2,(H,15,17). The van der Waals surface area contributed by atoms with Crippen LogP contribution in [0.3, 0.4) is 0 Å². The molecule has 1 aromatic rings. The Bertz CT molecular complexity index is 387. The number of benzene rings is 1. The molecule has 1 fully saturated rings. The summed E-state index contributed by atoms with van der Waals surface area (Å²) in [7, 11) is 0. The lowest BCUT2D eigenvalue weighted by atomic mass is 10.0. The fraction of sp³-hybridized carbons (Fsp3) is 0.417. The second-order valence-electron chi connectivity index (χ2n) is 4.35. The number of rotatable bonds is 4. The van der Waals surface area contributed by atoms with Gasteiger partial charge in [-0.3, -0.25) is 9.69 Å². The highest BCUT2D eigenvalue weighted by Gasteiger charge is 2.26. The smallest absolute Gasteiger partial charge is 0.238 e. The number of halogens is 1. The van der Waals surface area contributed by atoms with E-state index in [9.17, 15) is 9.18 Å². The number of amides is 1. The van der Waals surface area contributed by atoms with Crippen molar-refractivity contribution in [3.63, 3.8) is 0 Å². The third kappa shape index (κ3) is 3.25. The molecule has 1 aliphatic rings. The highest BCUT2D eigenvalue weighted by Crippen LogP contribution is 2.14. The van der Waals surface area contributed by atoms with E-state index in [0.717, 1.165) is 13.1 Å². The van der Waals surface area contributed by atoms with Crippen molar-refractivity contribution in [2.45, 2.75) is 0 Å². The van der Waals surface area contributed by atoms with Gasteiger partial charge in [-0.05, 0) is 36.7 Å². The molecule has 0 aliphatic carbocycles. The van der Waals surface area contributed by atoms with E-state index in [1.807, 2.05) is 4.90 Å². The molecule has 0 spiro atoms. The van der Waals surface area contributed by atoms with E-state index in [1.54, 1.807) is 12.1 Å². The van der Waals surface area contributed by atoms with Crippen LogP contribution in [0.5, 0.6) is 0 Å². The molecule has 0 radical (unpaired) electrons. The maximum Gasteiger partial charge on any atom is 0.238 e. The average molecular weight is 237 g/mol. The van der Waals surface area contributed by atoms with Crippen molar-refractivity contribution in [1.29, 1.82) is 0 Å². The normalized spacial score (nSPS) is 16.6. The Balaban J connectivity index is 1.76. The molecule has 4 nitrogen and oxygen atoms in total. The Kier molecular flexibility index (Phi) is 3.71. The topological polar surface area (TPSA) is 58.4 Å². The molecular formula is C12H16FN3O. The third-order valence-corrected chi connectivity index (χ3v) is 2.86. The van der Waals surface area contributed by atoms with Crippen molar-refractivity contribution in [3.8, 4) is 0 Å². The number of nitrogens with zero attached hydrogens (tertiary/aromatic N) is 1. The Morgan fingerprint density at radius 1 is 1.41 bits per heavy atom. The minimum absolute atomic E-state index is 0.0768. The van der Waals surface area contributed by atoms with Crippen LogP contribution in [0.4, 0.5) is 10.1 Å². The summed E-state index contributed by atoms with van der Waals surface area (Å²) in [6.45, 7) is 2.81. The van der Waals surface area contributed by atoms with Crippen LogP contribution < -0.4 is 11.1 Å². The first-order valence-electron chi connectivity index (χ1n) is 5.65. The minimum atomic E-state index is -0.309. The fourth-order valence-electron chi connectivity index (χ4n) is 1.89. The Morgan fingerprint density at radius 3 is 2.65 bits per heavy atom. The molecule has 92 valence electrons. The zero-order valence-corrected chi connectivity index (χ0v) is 9.53. The number of carbonyl (C=O) groups is 1. The van der Waals surface area contributed by atoms with Crippen molar-refractivity contribution in [2.24, 2.45) is 11.7 Å². The molecule has 1 aliphatic heterocycles. The molecule has 2 rings (SSSR count). The van der Waals surface area contributed by atoms with Crippen LogP contribution in [0.15, 0.2) is 24.3 Å². The number of hydrogen-bond donors (Lipinski definition) is 2. The van der Waals surface area contributed by atoms with Gasteiger partial charge in [0.25, 0.3) is 0 Å². The van der Waals surface area contributed by atoms with E-state index in [2.05, 4.69) is 5.32 Å². The largest absolute Gasteiger partial charge is 0.330 e. The van der Waals surface area contributed by atoms with Crippen LogP contribution in [0.1, 0.15) is 0 Å². The summed E-state index contributed by atoms with van der Waals surface area (Å²) < 4.78 is 12.6. The van der Waals surface area contributed by atoms with Gasteiger partial charge in [0.05, 0.1) is 6.54 Å². The highest BCUT2D eigenvalue weighted by atomic mass is 19.1. The zero-order valence-electron chi connectivity index (χ0n) is 9.53. The first-order valence-corrected chi connectivity index (χ1v) is 5.65. The van der Waals surface area contributed by atoms with Gasteiger partial charge in [0.15, 0.2) is 0 Å². The van der Waals surface area contributed by atoms with Crippen molar-refractivity contribution in [2.75, 3.05) is 31.5 Å². The van der Waals surface area contributed by atoms with Gasteiger partial charge in [-0.2, -0.15) is 0 Å². The Labute approximate surface area is 99.6 Å². The van der Waals surface area contributed by atoms with Crippen LogP contribution in [0, 0.1) is 11.7 Å².